The Morgan fingerprint density at radius 1 is 1.03 bits per heavy atom. The van der Waals surface area contributed by atoms with Gasteiger partial charge in [0.15, 0.2) is 0 Å². The highest BCUT2D eigenvalue weighted by atomic mass is 16.5. The van der Waals surface area contributed by atoms with Crippen LogP contribution in [0.4, 0.5) is 0 Å². The lowest BCUT2D eigenvalue weighted by Crippen LogP contribution is -2.36. The zero-order chi connectivity index (χ0) is 21.3. The molecule has 0 bridgehead atoms. The summed E-state index contributed by atoms with van der Waals surface area (Å²) in [5, 5.41) is 5.69. The summed E-state index contributed by atoms with van der Waals surface area (Å²) in [7, 11) is 1.56. The van der Waals surface area contributed by atoms with Crippen LogP contribution in [-0.2, 0) is 4.79 Å². The summed E-state index contributed by atoms with van der Waals surface area (Å²) in [6.45, 7) is 1.99. The molecular formula is C24H24N2O4. The van der Waals surface area contributed by atoms with Crippen molar-refractivity contribution in [1.29, 1.82) is 0 Å². The first-order valence-corrected chi connectivity index (χ1v) is 9.67. The molecule has 2 aromatic carbocycles. The molecule has 1 atom stereocenters. The van der Waals surface area contributed by atoms with E-state index in [4.69, 9.17) is 9.15 Å². The molecule has 1 aromatic heterocycles. The smallest absolute Gasteiger partial charge is 0.268 e. The third-order valence-electron chi connectivity index (χ3n) is 4.59. The van der Waals surface area contributed by atoms with Crippen molar-refractivity contribution in [3.8, 4) is 5.75 Å². The van der Waals surface area contributed by atoms with Crippen LogP contribution < -0.4 is 15.4 Å². The normalized spacial score (nSPS) is 12.1. The Hall–Kier alpha value is -3.80. The van der Waals surface area contributed by atoms with Crippen molar-refractivity contribution in [3.05, 3.63) is 95.6 Å². The molecule has 2 N–H and O–H groups in total. The number of benzene rings is 2. The molecule has 0 spiro atoms. The van der Waals surface area contributed by atoms with Crippen molar-refractivity contribution >= 4 is 17.9 Å². The first kappa shape index (κ1) is 20.9. The highest BCUT2D eigenvalue weighted by Gasteiger charge is 2.19. The fourth-order valence-corrected chi connectivity index (χ4v) is 2.95. The van der Waals surface area contributed by atoms with Crippen LogP contribution in [0.1, 0.15) is 41.1 Å². The van der Waals surface area contributed by atoms with E-state index in [0.717, 1.165) is 5.56 Å². The second kappa shape index (κ2) is 10.1. The Bertz CT molecular complexity index is 993. The summed E-state index contributed by atoms with van der Waals surface area (Å²) in [6, 6.07) is 19.6. The summed E-state index contributed by atoms with van der Waals surface area (Å²) in [6.07, 6.45) is 3.72. The van der Waals surface area contributed by atoms with Gasteiger partial charge in [0.05, 0.1) is 19.4 Å². The van der Waals surface area contributed by atoms with Gasteiger partial charge in [-0.25, -0.2) is 0 Å². The third-order valence-corrected chi connectivity index (χ3v) is 4.59. The third kappa shape index (κ3) is 5.38. The Morgan fingerprint density at radius 2 is 1.77 bits per heavy atom. The molecule has 0 radical (unpaired) electrons. The minimum atomic E-state index is -0.404. The van der Waals surface area contributed by atoms with E-state index in [9.17, 15) is 9.59 Å². The van der Waals surface area contributed by atoms with Gasteiger partial charge in [0.25, 0.3) is 11.8 Å². The summed E-state index contributed by atoms with van der Waals surface area (Å²) in [5.74, 6) is 0.301. The SMILES string of the molecule is CCC(NC(=O)/C(=C/c1ccco1)NC(=O)c1ccc(OC)cc1)c1ccccc1. The van der Waals surface area contributed by atoms with Gasteiger partial charge in [-0.2, -0.15) is 0 Å². The van der Waals surface area contributed by atoms with Crippen molar-refractivity contribution in [3.63, 3.8) is 0 Å². The van der Waals surface area contributed by atoms with Crippen LogP contribution in [0.15, 0.2) is 83.1 Å². The number of hydrogen-bond acceptors (Lipinski definition) is 4. The van der Waals surface area contributed by atoms with Crippen LogP contribution in [0.3, 0.4) is 0 Å². The lowest BCUT2D eigenvalue weighted by Gasteiger charge is -2.19. The summed E-state index contributed by atoms with van der Waals surface area (Å²) >= 11 is 0. The van der Waals surface area contributed by atoms with Gasteiger partial charge in [-0.1, -0.05) is 37.3 Å². The van der Waals surface area contributed by atoms with Gasteiger partial charge >= 0.3 is 0 Å². The van der Waals surface area contributed by atoms with Crippen molar-refractivity contribution in [2.45, 2.75) is 19.4 Å². The van der Waals surface area contributed by atoms with E-state index >= 15 is 0 Å². The van der Waals surface area contributed by atoms with E-state index in [-0.39, 0.29) is 11.7 Å². The largest absolute Gasteiger partial charge is 0.497 e. The lowest BCUT2D eigenvalue weighted by molar-refractivity contribution is -0.118. The lowest BCUT2D eigenvalue weighted by atomic mass is 10.0. The van der Waals surface area contributed by atoms with E-state index in [0.29, 0.717) is 23.5 Å². The number of nitrogens with one attached hydrogen (secondary N) is 2. The molecule has 0 aliphatic carbocycles. The number of methoxy groups -OCH3 is 1. The Labute approximate surface area is 175 Å². The molecule has 6 heteroatoms. The average Bonchev–Trinajstić information content (AvgIpc) is 3.30. The van der Waals surface area contributed by atoms with E-state index in [1.54, 1.807) is 43.5 Å². The van der Waals surface area contributed by atoms with Crippen LogP contribution in [0.2, 0.25) is 0 Å². The maximum atomic E-state index is 13.0. The van der Waals surface area contributed by atoms with Crippen LogP contribution in [0.25, 0.3) is 6.08 Å². The molecule has 1 unspecified atom stereocenters. The molecule has 154 valence electrons. The van der Waals surface area contributed by atoms with Gasteiger partial charge in [-0.15, -0.1) is 0 Å². The second-order valence-corrected chi connectivity index (χ2v) is 6.60. The number of carbonyl (C=O) groups excluding carboxylic acids is 2. The Kier molecular flexibility index (Phi) is 7.05. The number of rotatable bonds is 8. The number of amides is 2. The van der Waals surface area contributed by atoms with Crippen LogP contribution >= 0.6 is 0 Å². The molecule has 0 saturated heterocycles. The maximum Gasteiger partial charge on any atom is 0.268 e. The topological polar surface area (TPSA) is 80.6 Å². The molecule has 1 heterocycles. The Balaban J connectivity index is 1.81. The van der Waals surface area contributed by atoms with Gasteiger partial charge in [0.1, 0.15) is 17.2 Å². The molecule has 3 aromatic rings. The van der Waals surface area contributed by atoms with E-state index in [1.165, 1.54) is 12.3 Å². The van der Waals surface area contributed by atoms with Gasteiger partial charge in [-0.3, -0.25) is 9.59 Å². The second-order valence-electron chi connectivity index (χ2n) is 6.60. The zero-order valence-electron chi connectivity index (χ0n) is 16.9. The molecule has 6 nitrogen and oxygen atoms in total. The molecule has 0 fully saturated rings. The van der Waals surface area contributed by atoms with Gasteiger partial charge in [0.2, 0.25) is 0 Å². The number of furan rings is 1. The molecule has 0 saturated carbocycles. The molecule has 0 aliphatic rings. The molecule has 30 heavy (non-hydrogen) atoms. The standard InChI is InChI=1S/C24H24N2O4/c1-3-21(17-8-5-4-6-9-17)25-24(28)22(16-20-10-7-15-30-20)26-23(27)18-11-13-19(29-2)14-12-18/h4-16,21H,3H2,1-2H3,(H,25,28)(H,26,27)/b22-16-. The summed E-state index contributed by atoms with van der Waals surface area (Å²) in [4.78, 5) is 25.7. The maximum absolute atomic E-state index is 13.0. The Morgan fingerprint density at radius 3 is 2.37 bits per heavy atom. The number of ether oxygens (including phenoxy) is 1. The number of carbonyl (C=O) groups is 2. The monoisotopic (exact) mass is 404 g/mol. The average molecular weight is 404 g/mol. The summed E-state index contributed by atoms with van der Waals surface area (Å²) < 4.78 is 10.4. The summed E-state index contributed by atoms with van der Waals surface area (Å²) in [5.41, 5.74) is 1.50. The van der Waals surface area contributed by atoms with Crippen molar-refractivity contribution < 1.29 is 18.7 Å². The van der Waals surface area contributed by atoms with Gasteiger partial charge in [-0.05, 0) is 48.4 Å². The molecule has 2 amide bonds. The minimum absolute atomic E-state index is 0.0974. The van der Waals surface area contributed by atoms with Crippen LogP contribution in [0, 0.1) is 0 Å². The highest BCUT2D eigenvalue weighted by Crippen LogP contribution is 2.17. The fraction of sp³-hybridized carbons (Fsp3) is 0.167. The first-order chi connectivity index (χ1) is 14.6. The van der Waals surface area contributed by atoms with Crippen molar-refractivity contribution in [2.75, 3.05) is 7.11 Å². The van der Waals surface area contributed by atoms with E-state index < -0.39 is 11.8 Å². The number of hydrogen-bond donors (Lipinski definition) is 2. The van der Waals surface area contributed by atoms with Crippen molar-refractivity contribution in [2.24, 2.45) is 0 Å². The van der Waals surface area contributed by atoms with E-state index in [1.807, 2.05) is 37.3 Å². The van der Waals surface area contributed by atoms with Crippen molar-refractivity contribution in [1.82, 2.24) is 10.6 Å². The van der Waals surface area contributed by atoms with Crippen LogP contribution in [0.5, 0.6) is 5.75 Å². The quantitative estimate of drug-likeness (QED) is 0.548. The minimum Gasteiger partial charge on any atom is -0.497 e. The zero-order valence-corrected chi connectivity index (χ0v) is 16.9. The highest BCUT2D eigenvalue weighted by molar-refractivity contribution is 6.05. The predicted octanol–water partition coefficient (Wildman–Crippen LogP) is 4.33. The first-order valence-electron chi connectivity index (χ1n) is 9.67. The molecule has 0 aliphatic heterocycles. The van der Waals surface area contributed by atoms with Crippen LogP contribution in [-0.4, -0.2) is 18.9 Å². The fourth-order valence-electron chi connectivity index (χ4n) is 2.95. The molecule has 3 rings (SSSR count). The van der Waals surface area contributed by atoms with Gasteiger partial charge in [0, 0.05) is 11.6 Å². The van der Waals surface area contributed by atoms with E-state index in [2.05, 4.69) is 10.6 Å². The molecular weight excluding hydrogens is 380 g/mol. The predicted molar refractivity (Wildman–Crippen MR) is 115 cm³/mol. The van der Waals surface area contributed by atoms with Gasteiger partial charge < -0.3 is 19.8 Å².